The summed E-state index contributed by atoms with van der Waals surface area (Å²) in [6.07, 6.45) is 0. The summed E-state index contributed by atoms with van der Waals surface area (Å²) in [6.45, 7) is 0. The topological polar surface area (TPSA) is 40.1 Å². The zero-order chi connectivity index (χ0) is 15.4. The fourth-order valence-electron chi connectivity index (χ4n) is 2.25. The molecule has 0 heterocycles. The van der Waals surface area contributed by atoms with E-state index < -0.39 is 5.97 Å². The van der Waals surface area contributed by atoms with Gasteiger partial charge in [0.15, 0.2) is 14.7 Å². The third-order valence-electron chi connectivity index (χ3n) is 3.28. The Morgan fingerprint density at radius 2 is 1.05 bits per heavy atom. The van der Waals surface area contributed by atoms with Crippen LogP contribution in [0.1, 0.15) is 10.4 Å². The van der Waals surface area contributed by atoms with Crippen molar-refractivity contribution in [2.75, 3.05) is 0 Å². The normalized spacial score (nSPS) is 10.6. The van der Waals surface area contributed by atoms with Gasteiger partial charge >= 0.3 is 0 Å². The van der Waals surface area contributed by atoms with E-state index in [2.05, 4.69) is 24.3 Å². The van der Waals surface area contributed by atoms with Crippen molar-refractivity contribution in [1.29, 1.82) is 0 Å². The highest BCUT2D eigenvalue weighted by molar-refractivity contribution is 7.97. The van der Waals surface area contributed by atoms with Crippen LogP contribution in [0.15, 0.2) is 99.6 Å². The number of benzene rings is 3. The minimum absolute atomic E-state index is 0.202. The van der Waals surface area contributed by atoms with Gasteiger partial charge in [-0.3, -0.25) is 0 Å². The third-order valence-corrected chi connectivity index (χ3v) is 5.51. The molecule has 0 spiro atoms. The van der Waals surface area contributed by atoms with E-state index in [1.54, 1.807) is 12.1 Å². The molecule has 3 aromatic rings. The first-order valence-corrected chi connectivity index (χ1v) is 8.14. The van der Waals surface area contributed by atoms with E-state index in [0.717, 1.165) is 4.90 Å². The second kappa shape index (κ2) is 6.50. The summed E-state index contributed by atoms with van der Waals surface area (Å²) in [6, 6.07) is 27.4. The Hall–Kier alpha value is -2.52. The molecule has 3 aromatic carbocycles. The Labute approximate surface area is 132 Å². The molecule has 0 aliphatic rings. The van der Waals surface area contributed by atoms with E-state index in [0.29, 0.717) is 0 Å². The van der Waals surface area contributed by atoms with Gasteiger partial charge < -0.3 is 9.90 Å². The maximum absolute atomic E-state index is 10.9. The number of rotatable bonds is 4. The molecular formula is C19H14O2S. The lowest BCUT2D eigenvalue weighted by Crippen LogP contribution is -2.22. The summed E-state index contributed by atoms with van der Waals surface area (Å²) in [5.41, 5.74) is 0.202. The first kappa shape index (κ1) is 14.4. The van der Waals surface area contributed by atoms with E-state index >= 15 is 0 Å². The van der Waals surface area contributed by atoms with E-state index in [-0.39, 0.29) is 16.5 Å². The van der Waals surface area contributed by atoms with Gasteiger partial charge in [0.2, 0.25) is 0 Å². The first-order valence-electron chi connectivity index (χ1n) is 6.91. The number of aromatic carboxylic acids is 1. The van der Waals surface area contributed by atoms with Crippen LogP contribution in [0, 0.1) is 0 Å². The fourth-order valence-corrected chi connectivity index (χ4v) is 4.33. The number of carbonyl (C=O) groups is 1. The van der Waals surface area contributed by atoms with Gasteiger partial charge in [-0.1, -0.05) is 36.4 Å². The van der Waals surface area contributed by atoms with Gasteiger partial charge in [-0.15, -0.1) is 0 Å². The zero-order valence-electron chi connectivity index (χ0n) is 11.8. The van der Waals surface area contributed by atoms with Gasteiger partial charge in [0, 0.05) is 0 Å². The van der Waals surface area contributed by atoms with Crippen molar-refractivity contribution >= 4 is 16.9 Å². The van der Waals surface area contributed by atoms with Crippen molar-refractivity contribution in [2.45, 2.75) is 14.7 Å². The number of carboxylic acid groups (broad SMARTS) is 1. The molecular weight excluding hydrogens is 292 g/mol. The SMILES string of the molecule is O=C([O-])c1ccc([S+](c2ccccc2)c2ccccc2)cc1. The number of carbonyl (C=O) groups excluding carboxylic acids is 1. The van der Waals surface area contributed by atoms with Crippen LogP contribution >= 0.6 is 0 Å². The van der Waals surface area contributed by atoms with Gasteiger partial charge in [0.1, 0.15) is 0 Å². The van der Waals surface area contributed by atoms with Gasteiger partial charge in [0.05, 0.1) is 16.9 Å². The zero-order valence-corrected chi connectivity index (χ0v) is 12.6. The summed E-state index contributed by atoms with van der Waals surface area (Å²) >= 11 is 0. The van der Waals surface area contributed by atoms with E-state index in [9.17, 15) is 9.90 Å². The monoisotopic (exact) mass is 306 g/mol. The molecule has 0 aromatic heterocycles. The molecule has 0 radical (unpaired) electrons. The Kier molecular flexibility index (Phi) is 4.26. The molecule has 108 valence electrons. The maximum Gasteiger partial charge on any atom is 0.166 e. The Balaban J connectivity index is 2.08. The molecule has 22 heavy (non-hydrogen) atoms. The third kappa shape index (κ3) is 3.05. The van der Waals surface area contributed by atoms with E-state index in [1.807, 2.05) is 48.5 Å². The molecule has 2 nitrogen and oxygen atoms in total. The number of hydrogen-bond donors (Lipinski definition) is 0. The van der Waals surface area contributed by atoms with Gasteiger partial charge in [-0.05, 0) is 54.1 Å². The molecule has 0 saturated heterocycles. The minimum atomic E-state index is -1.15. The Morgan fingerprint density at radius 1 is 0.636 bits per heavy atom. The molecule has 0 aliphatic carbocycles. The van der Waals surface area contributed by atoms with Crippen molar-refractivity contribution in [3.05, 3.63) is 90.5 Å². The molecule has 0 saturated carbocycles. The second-order valence-corrected chi connectivity index (χ2v) is 6.77. The number of carboxylic acids is 1. The summed E-state index contributed by atoms with van der Waals surface area (Å²) < 4.78 is 0. The molecule has 0 aliphatic heterocycles. The van der Waals surface area contributed by atoms with E-state index in [1.165, 1.54) is 9.79 Å². The van der Waals surface area contributed by atoms with Crippen LogP contribution in [0.4, 0.5) is 0 Å². The van der Waals surface area contributed by atoms with Crippen LogP contribution in [-0.2, 0) is 10.9 Å². The van der Waals surface area contributed by atoms with Crippen LogP contribution in [0.25, 0.3) is 0 Å². The smallest absolute Gasteiger partial charge is 0.166 e. The summed E-state index contributed by atoms with van der Waals surface area (Å²) in [4.78, 5) is 14.4. The highest BCUT2D eigenvalue weighted by Crippen LogP contribution is 2.30. The van der Waals surface area contributed by atoms with Gasteiger partial charge in [0.25, 0.3) is 0 Å². The number of hydrogen-bond acceptors (Lipinski definition) is 2. The lowest BCUT2D eigenvalue weighted by molar-refractivity contribution is -0.255. The predicted molar refractivity (Wildman–Crippen MR) is 85.8 cm³/mol. The van der Waals surface area contributed by atoms with Crippen molar-refractivity contribution < 1.29 is 9.90 Å². The van der Waals surface area contributed by atoms with Crippen LogP contribution in [-0.4, -0.2) is 5.97 Å². The van der Waals surface area contributed by atoms with Crippen LogP contribution in [0.2, 0.25) is 0 Å². The standard InChI is InChI=1S/C19H14O2S/c20-19(21)15-11-13-18(14-12-15)22(16-7-3-1-4-8-16)17-9-5-2-6-10-17/h1-14H. The lowest BCUT2D eigenvalue weighted by Gasteiger charge is -2.09. The van der Waals surface area contributed by atoms with E-state index in [4.69, 9.17) is 0 Å². The average Bonchev–Trinajstić information content (AvgIpc) is 2.57. The van der Waals surface area contributed by atoms with Crippen LogP contribution in [0.5, 0.6) is 0 Å². The molecule has 0 bridgehead atoms. The summed E-state index contributed by atoms with van der Waals surface area (Å²) in [7, 11) is -0.249. The Morgan fingerprint density at radius 3 is 1.45 bits per heavy atom. The predicted octanol–water partition coefficient (Wildman–Crippen LogP) is 3.15. The maximum atomic E-state index is 10.9. The van der Waals surface area contributed by atoms with Crippen LogP contribution < -0.4 is 5.11 Å². The van der Waals surface area contributed by atoms with Crippen molar-refractivity contribution in [1.82, 2.24) is 0 Å². The van der Waals surface area contributed by atoms with Gasteiger partial charge in [-0.25, -0.2) is 0 Å². The van der Waals surface area contributed by atoms with Crippen molar-refractivity contribution in [3.8, 4) is 0 Å². The van der Waals surface area contributed by atoms with Gasteiger partial charge in [-0.2, -0.15) is 0 Å². The second-order valence-electron chi connectivity index (χ2n) is 4.74. The first-order chi connectivity index (χ1) is 10.8. The average molecular weight is 306 g/mol. The molecule has 0 fully saturated rings. The largest absolute Gasteiger partial charge is 0.545 e. The quantitative estimate of drug-likeness (QED) is 0.695. The fraction of sp³-hybridized carbons (Fsp3) is 0. The molecule has 3 heteroatoms. The molecule has 0 N–H and O–H groups in total. The lowest BCUT2D eigenvalue weighted by atomic mass is 10.2. The Bertz CT molecular complexity index is 713. The molecule has 0 unspecified atom stereocenters. The summed E-state index contributed by atoms with van der Waals surface area (Å²) in [5, 5.41) is 10.9. The highest BCUT2D eigenvalue weighted by atomic mass is 32.2. The van der Waals surface area contributed by atoms with Crippen LogP contribution in [0.3, 0.4) is 0 Å². The van der Waals surface area contributed by atoms with Crippen molar-refractivity contribution in [3.63, 3.8) is 0 Å². The summed E-state index contributed by atoms with van der Waals surface area (Å²) in [5.74, 6) is -1.15. The van der Waals surface area contributed by atoms with Crippen molar-refractivity contribution in [2.24, 2.45) is 0 Å². The molecule has 3 rings (SSSR count). The molecule has 0 amide bonds. The highest BCUT2D eigenvalue weighted by Gasteiger charge is 2.27. The minimum Gasteiger partial charge on any atom is -0.545 e. The molecule has 0 atom stereocenters.